The first kappa shape index (κ1) is 21.9. The second-order valence-electron chi connectivity index (χ2n) is 8.00. The van der Waals surface area contributed by atoms with Gasteiger partial charge in [0, 0.05) is 70.7 Å². The molecule has 2 aliphatic heterocycles. The molecule has 1 amide bonds. The summed E-state index contributed by atoms with van der Waals surface area (Å²) in [6.07, 6.45) is 2.15. The molecule has 1 aromatic heterocycles. The summed E-state index contributed by atoms with van der Waals surface area (Å²) in [6.45, 7) is 6.43. The molecule has 2 saturated heterocycles. The summed E-state index contributed by atoms with van der Waals surface area (Å²) in [7, 11) is 0. The summed E-state index contributed by atoms with van der Waals surface area (Å²) in [5.74, 6) is 1.32. The normalized spacial score (nSPS) is 17.6. The summed E-state index contributed by atoms with van der Waals surface area (Å²) < 4.78 is 13.1. The molecule has 0 bridgehead atoms. The molecule has 2 aromatic rings. The second-order valence-corrected chi connectivity index (χ2v) is 8.00. The number of nitrogens with two attached hydrogens (primary N) is 1. The molecule has 2 fully saturated rings. The Morgan fingerprint density at radius 1 is 0.906 bits per heavy atom. The quantitative estimate of drug-likeness (QED) is 0.560. The number of rotatable bonds is 5. The molecule has 0 aliphatic carbocycles. The van der Waals surface area contributed by atoms with Crippen molar-refractivity contribution in [2.24, 2.45) is 10.7 Å². The molecule has 0 unspecified atom stereocenters. The predicted molar refractivity (Wildman–Crippen MR) is 124 cm³/mol. The van der Waals surface area contributed by atoms with Gasteiger partial charge in [-0.25, -0.2) is 9.37 Å². The number of aliphatic imine (C=N–C) groups is 1. The highest BCUT2D eigenvalue weighted by Gasteiger charge is 2.22. The van der Waals surface area contributed by atoms with Crippen LogP contribution in [-0.2, 0) is 4.79 Å². The van der Waals surface area contributed by atoms with Crippen LogP contribution in [0.1, 0.15) is 6.42 Å². The number of benzene rings is 1. The number of piperazine rings is 2. The molecule has 4 rings (SSSR count). The topological polar surface area (TPSA) is 81.3 Å². The van der Waals surface area contributed by atoms with Crippen molar-refractivity contribution >= 4 is 23.4 Å². The summed E-state index contributed by atoms with van der Waals surface area (Å²) in [5.41, 5.74) is 7.18. The molecule has 3 heterocycles. The molecule has 8 nitrogen and oxygen atoms in total. The Morgan fingerprint density at radius 2 is 1.56 bits per heavy atom. The van der Waals surface area contributed by atoms with Crippen molar-refractivity contribution in [3.8, 4) is 0 Å². The van der Waals surface area contributed by atoms with Gasteiger partial charge >= 0.3 is 0 Å². The maximum Gasteiger partial charge on any atom is 0.224 e. The first-order valence-corrected chi connectivity index (χ1v) is 11.1. The van der Waals surface area contributed by atoms with E-state index in [1.54, 1.807) is 18.3 Å². The van der Waals surface area contributed by atoms with Crippen LogP contribution in [-0.4, -0.2) is 85.6 Å². The van der Waals surface area contributed by atoms with Gasteiger partial charge in [0.25, 0.3) is 0 Å². The van der Waals surface area contributed by atoms with E-state index in [4.69, 9.17) is 5.73 Å². The van der Waals surface area contributed by atoms with Crippen LogP contribution in [0.3, 0.4) is 0 Å². The van der Waals surface area contributed by atoms with Crippen LogP contribution < -0.4 is 15.5 Å². The number of halogens is 1. The fourth-order valence-electron chi connectivity index (χ4n) is 4.10. The Labute approximate surface area is 188 Å². The molecule has 0 radical (unpaired) electrons. The summed E-state index contributed by atoms with van der Waals surface area (Å²) >= 11 is 0. The molecule has 1 aromatic carbocycles. The van der Waals surface area contributed by atoms with Crippen LogP contribution in [0, 0.1) is 5.82 Å². The van der Waals surface area contributed by atoms with Gasteiger partial charge in [-0.2, -0.15) is 0 Å². The average Bonchev–Trinajstić information content (AvgIpc) is 2.85. The first-order chi connectivity index (χ1) is 15.6. The first-order valence-electron chi connectivity index (χ1n) is 11.1. The highest BCUT2D eigenvalue weighted by molar-refractivity contribution is 5.80. The molecule has 170 valence electrons. The van der Waals surface area contributed by atoms with E-state index in [-0.39, 0.29) is 11.7 Å². The van der Waals surface area contributed by atoms with Gasteiger partial charge in [0.15, 0.2) is 5.96 Å². The van der Waals surface area contributed by atoms with E-state index in [1.165, 1.54) is 12.1 Å². The number of carbonyl (C=O) groups excluding carboxylic acids is 1. The van der Waals surface area contributed by atoms with Crippen molar-refractivity contribution in [3.63, 3.8) is 0 Å². The third-order valence-corrected chi connectivity index (χ3v) is 6.00. The molecule has 32 heavy (non-hydrogen) atoms. The molecular formula is C23H30FN7O. The van der Waals surface area contributed by atoms with Crippen LogP contribution >= 0.6 is 0 Å². The van der Waals surface area contributed by atoms with Gasteiger partial charge in [0.2, 0.25) is 5.91 Å². The van der Waals surface area contributed by atoms with E-state index < -0.39 is 0 Å². The zero-order valence-electron chi connectivity index (χ0n) is 18.2. The van der Waals surface area contributed by atoms with Gasteiger partial charge in [0.05, 0.1) is 6.54 Å². The lowest BCUT2D eigenvalue weighted by molar-refractivity contribution is -0.131. The minimum Gasteiger partial charge on any atom is -0.370 e. The van der Waals surface area contributed by atoms with Crippen molar-refractivity contribution in [1.29, 1.82) is 0 Å². The number of pyridine rings is 1. The summed E-state index contributed by atoms with van der Waals surface area (Å²) in [4.78, 5) is 29.7. The van der Waals surface area contributed by atoms with Crippen molar-refractivity contribution in [1.82, 2.24) is 14.8 Å². The summed E-state index contributed by atoms with van der Waals surface area (Å²) in [6, 6.07) is 12.4. The van der Waals surface area contributed by atoms with E-state index in [9.17, 15) is 9.18 Å². The standard InChI is InChI=1S/C23H30FN7O/c24-19-4-6-20(7-5-19)28-11-17-31(18-12-28)23(25)27-10-8-22(32)30-15-13-29(14-16-30)21-3-1-2-9-26-21/h1-7,9H,8,10-18H2,(H2,25,27). The highest BCUT2D eigenvalue weighted by atomic mass is 19.1. The molecule has 0 saturated carbocycles. The van der Waals surface area contributed by atoms with Crippen molar-refractivity contribution in [2.75, 3.05) is 68.7 Å². The Bertz CT molecular complexity index is 906. The molecule has 9 heteroatoms. The number of guanidine groups is 1. The molecule has 2 aliphatic rings. The van der Waals surface area contributed by atoms with E-state index in [0.717, 1.165) is 50.8 Å². The number of carbonyl (C=O) groups is 1. The van der Waals surface area contributed by atoms with Crippen LogP contribution in [0.5, 0.6) is 0 Å². The lowest BCUT2D eigenvalue weighted by Gasteiger charge is -2.36. The van der Waals surface area contributed by atoms with Crippen LogP contribution in [0.25, 0.3) is 0 Å². The Balaban J connectivity index is 1.18. The largest absolute Gasteiger partial charge is 0.370 e. The van der Waals surface area contributed by atoms with Gasteiger partial charge in [0.1, 0.15) is 11.6 Å². The van der Waals surface area contributed by atoms with Crippen molar-refractivity contribution < 1.29 is 9.18 Å². The van der Waals surface area contributed by atoms with Crippen molar-refractivity contribution in [2.45, 2.75) is 6.42 Å². The predicted octanol–water partition coefficient (Wildman–Crippen LogP) is 1.40. The summed E-state index contributed by atoms with van der Waals surface area (Å²) in [5, 5.41) is 0. The van der Waals surface area contributed by atoms with E-state index in [2.05, 4.69) is 19.8 Å². The van der Waals surface area contributed by atoms with Gasteiger partial charge in [-0.3, -0.25) is 9.79 Å². The third-order valence-electron chi connectivity index (χ3n) is 6.00. The van der Waals surface area contributed by atoms with Crippen molar-refractivity contribution in [3.05, 3.63) is 54.5 Å². The monoisotopic (exact) mass is 439 g/mol. The number of amides is 1. The number of hydrogen-bond donors (Lipinski definition) is 1. The molecular weight excluding hydrogens is 409 g/mol. The zero-order valence-corrected chi connectivity index (χ0v) is 18.2. The van der Waals surface area contributed by atoms with Crippen LogP contribution in [0.4, 0.5) is 15.9 Å². The van der Waals surface area contributed by atoms with Gasteiger partial charge in [-0.15, -0.1) is 0 Å². The fraction of sp³-hybridized carbons (Fsp3) is 0.435. The minimum atomic E-state index is -0.228. The minimum absolute atomic E-state index is 0.114. The maximum atomic E-state index is 13.1. The number of anilines is 2. The van der Waals surface area contributed by atoms with E-state index in [0.29, 0.717) is 32.0 Å². The smallest absolute Gasteiger partial charge is 0.224 e. The molecule has 0 spiro atoms. The Morgan fingerprint density at radius 3 is 2.22 bits per heavy atom. The number of nitrogens with zero attached hydrogens (tertiary/aromatic N) is 6. The number of hydrogen-bond acceptors (Lipinski definition) is 5. The SMILES string of the molecule is NC(=NCCC(=O)N1CCN(c2ccccn2)CC1)N1CCN(c2ccc(F)cc2)CC1. The van der Waals surface area contributed by atoms with Crippen LogP contribution in [0.2, 0.25) is 0 Å². The number of aromatic nitrogens is 1. The second kappa shape index (κ2) is 10.3. The van der Waals surface area contributed by atoms with Crippen LogP contribution in [0.15, 0.2) is 53.7 Å². The fourth-order valence-corrected chi connectivity index (χ4v) is 4.10. The Hall–Kier alpha value is -3.36. The lowest BCUT2D eigenvalue weighted by atomic mass is 10.2. The van der Waals surface area contributed by atoms with E-state index in [1.807, 2.05) is 28.0 Å². The highest BCUT2D eigenvalue weighted by Crippen LogP contribution is 2.17. The zero-order chi connectivity index (χ0) is 22.3. The molecule has 2 N–H and O–H groups in total. The lowest BCUT2D eigenvalue weighted by Crippen LogP contribution is -2.51. The molecule has 0 atom stereocenters. The van der Waals surface area contributed by atoms with Gasteiger partial charge in [-0.05, 0) is 36.4 Å². The average molecular weight is 440 g/mol. The van der Waals surface area contributed by atoms with E-state index >= 15 is 0 Å². The van der Waals surface area contributed by atoms with Gasteiger partial charge in [-0.1, -0.05) is 6.07 Å². The third kappa shape index (κ3) is 5.46. The maximum absolute atomic E-state index is 13.1. The Kier molecular flexibility index (Phi) is 7.03. The van der Waals surface area contributed by atoms with Gasteiger partial charge < -0.3 is 25.3 Å².